The molecule has 8 heteroatoms. The highest BCUT2D eigenvalue weighted by molar-refractivity contribution is 5.63. The standard InChI is InChI=1S/C26H29F3N4O/c1-2-3-6-18-9-11-20(12-10-18)32-25-30-17-23(26(27,28)29)24(33-25)31-19-13-15-22(16-14-19)34-21-7-4-5-8-21/h9-17,21H,2-8H2,1H3,(H2,30,31,32,33). The van der Waals surface area contributed by atoms with E-state index in [-0.39, 0.29) is 17.9 Å². The van der Waals surface area contributed by atoms with Gasteiger partial charge in [-0.15, -0.1) is 0 Å². The molecule has 0 amide bonds. The Hall–Kier alpha value is -3.29. The maximum atomic E-state index is 13.6. The lowest BCUT2D eigenvalue weighted by Crippen LogP contribution is -2.13. The third kappa shape index (κ3) is 6.40. The van der Waals surface area contributed by atoms with Gasteiger partial charge in [-0.05, 0) is 80.5 Å². The fourth-order valence-electron chi connectivity index (χ4n) is 3.96. The summed E-state index contributed by atoms with van der Waals surface area (Å²) in [6.45, 7) is 2.14. The molecule has 1 saturated carbocycles. The van der Waals surface area contributed by atoms with Gasteiger partial charge in [0.25, 0.3) is 0 Å². The van der Waals surface area contributed by atoms with Gasteiger partial charge in [0, 0.05) is 17.6 Å². The molecule has 2 aromatic carbocycles. The molecule has 1 fully saturated rings. The number of aryl methyl sites for hydroxylation is 1. The Bertz CT molecular complexity index is 1060. The van der Waals surface area contributed by atoms with Gasteiger partial charge >= 0.3 is 6.18 Å². The topological polar surface area (TPSA) is 59.1 Å². The van der Waals surface area contributed by atoms with Crippen molar-refractivity contribution in [3.63, 3.8) is 0 Å². The van der Waals surface area contributed by atoms with E-state index in [0.29, 0.717) is 17.1 Å². The van der Waals surface area contributed by atoms with E-state index in [1.165, 1.54) is 5.56 Å². The van der Waals surface area contributed by atoms with E-state index in [1.807, 2.05) is 24.3 Å². The molecule has 0 spiro atoms. The van der Waals surface area contributed by atoms with Crippen molar-refractivity contribution in [2.45, 2.75) is 64.1 Å². The van der Waals surface area contributed by atoms with Crippen LogP contribution in [-0.4, -0.2) is 16.1 Å². The molecule has 0 atom stereocenters. The number of rotatable bonds is 9. The lowest BCUT2D eigenvalue weighted by molar-refractivity contribution is -0.137. The highest BCUT2D eigenvalue weighted by atomic mass is 19.4. The molecule has 0 unspecified atom stereocenters. The second kappa shape index (κ2) is 10.8. The van der Waals surface area contributed by atoms with Crippen LogP contribution in [-0.2, 0) is 12.6 Å². The molecule has 34 heavy (non-hydrogen) atoms. The van der Waals surface area contributed by atoms with Gasteiger partial charge in [-0.25, -0.2) is 4.98 Å². The fraction of sp³-hybridized carbons (Fsp3) is 0.385. The second-order valence-corrected chi connectivity index (χ2v) is 8.55. The summed E-state index contributed by atoms with van der Waals surface area (Å²) in [6.07, 6.45) is 4.04. The van der Waals surface area contributed by atoms with E-state index in [1.54, 1.807) is 24.3 Å². The van der Waals surface area contributed by atoms with Crippen LogP contribution in [0.4, 0.5) is 36.3 Å². The minimum atomic E-state index is -4.59. The number of unbranched alkanes of at least 4 members (excludes halogenated alkanes) is 1. The number of benzene rings is 2. The van der Waals surface area contributed by atoms with E-state index in [4.69, 9.17) is 4.74 Å². The van der Waals surface area contributed by atoms with E-state index in [0.717, 1.165) is 51.1 Å². The number of halogens is 3. The SMILES string of the molecule is CCCCc1ccc(Nc2ncc(C(F)(F)F)c(Nc3ccc(OC4CCCC4)cc3)n2)cc1. The Labute approximate surface area is 197 Å². The summed E-state index contributed by atoms with van der Waals surface area (Å²) in [5.41, 5.74) is 1.47. The normalized spacial score (nSPS) is 14.2. The molecule has 1 aliphatic rings. The van der Waals surface area contributed by atoms with Crippen molar-refractivity contribution in [1.82, 2.24) is 9.97 Å². The van der Waals surface area contributed by atoms with Gasteiger partial charge in [0.05, 0.1) is 6.10 Å². The van der Waals surface area contributed by atoms with Crippen LogP contribution in [0.3, 0.4) is 0 Å². The van der Waals surface area contributed by atoms with E-state index in [9.17, 15) is 13.2 Å². The van der Waals surface area contributed by atoms with Gasteiger partial charge in [0.1, 0.15) is 17.1 Å². The lowest BCUT2D eigenvalue weighted by atomic mass is 10.1. The molecule has 2 N–H and O–H groups in total. The molecule has 4 rings (SSSR count). The van der Waals surface area contributed by atoms with E-state index >= 15 is 0 Å². The molecule has 3 aromatic rings. The molecule has 0 aliphatic heterocycles. The van der Waals surface area contributed by atoms with Gasteiger partial charge < -0.3 is 15.4 Å². The molecule has 5 nitrogen and oxygen atoms in total. The number of ether oxygens (including phenoxy) is 1. The predicted octanol–water partition coefficient (Wildman–Crippen LogP) is 7.65. The first-order valence-electron chi connectivity index (χ1n) is 11.7. The van der Waals surface area contributed by atoms with Gasteiger partial charge in [0.15, 0.2) is 0 Å². The number of hydrogen-bond acceptors (Lipinski definition) is 5. The van der Waals surface area contributed by atoms with Crippen LogP contribution in [0.1, 0.15) is 56.6 Å². The maximum Gasteiger partial charge on any atom is 0.421 e. The van der Waals surface area contributed by atoms with Crippen molar-refractivity contribution in [2.24, 2.45) is 0 Å². The summed E-state index contributed by atoms with van der Waals surface area (Å²) in [6, 6.07) is 14.6. The predicted molar refractivity (Wildman–Crippen MR) is 128 cm³/mol. The highest BCUT2D eigenvalue weighted by Crippen LogP contribution is 2.35. The summed E-state index contributed by atoms with van der Waals surface area (Å²) >= 11 is 0. The van der Waals surface area contributed by atoms with Gasteiger partial charge in [0.2, 0.25) is 5.95 Å². The third-order valence-corrected chi connectivity index (χ3v) is 5.85. The molecule has 0 saturated heterocycles. The zero-order valence-electron chi connectivity index (χ0n) is 19.2. The van der Waals surface area contributed by atoms with Crippen molar-refractivity contribution in [2.75, 3.05) is 10.6 Å². The average molecular weight is 471 g/mol. The van der Waals surface area contributed by atoms with Crippen LogP contribution in [0, 0.1) is 0 Å². The molecule has 0 bridgehead atoms. The second-order valence-electron chi connectivity index (χ2n) is 8.55. The summed E-state index contributed by atoms with van der Waals surface area (Å²) in [5.74, 6) is 0.480. The van der Waals surface area contributed by atoms with Crippen LogP contribution in [0.5, 0.6) is 5.75 Å². The Morgan fingerprint density at radius 1 is 0.941 bits per heavy atom. The molecule has 1 aliphatic carbocycles. The summed E-state index contributed by atoms with van der Waals surface area (Å²) < 4.78 is 46.7. The largest absolute Gasteiger partial charge is 0.490 e. The van der Waals surface area contributed by atoms with Crippen LogP contribution in [0.2, 0.25) is 0 Å². The van der Waals surface area contributed by atoms with Crippen molar-refractivity contribution in [3.8, 4) is 5.75 Å². The molecule has 180 valence electrons. The monoisotopic (exact) mass is 470 g/mol. The maximum absolute atomic E-state index is 13.6. The van der Waals surface area contributed by atoms with Crippen molar-refractivity contribution < 1.29 is 17.9 Å². The van der Waals surface area contributed by atoms with Crippen LogP contribution in [0.15, 0.2) is 54.7 Å². The van der Waals surface area contributed by atoms with E-state index < -0.39 is 11.7 Å². The molecular formula is C26H29F3N4O. The number of nitrogens with zero attached hydrogens (tertiary/aromatic N) is 2. The number of nitrogens with one attached hydrogen (secondary N) is 2. The van der Waals surface area contributed by atoms with Crippen LogP contribution in [0.25, 0.3) is 0 Å². The zero-order chi connectivity index (χ0) is 24.0. The Morgan fingerprint density at radius 3 is 2.24 bits per heavy atom. The molecule has 1 heterocycles. The number of alkyl halides is 3. The minimum Gasteiger partial charge on any atom is -0.490 e. The van der Waals surface area contributed by atoms with E-state index in [2.05, 4.69) is 27.5 Å². The smallest absolute Gasteiger partial charge is 0.421 e. The number of hydrogen-bond donors (Lipinski definition) is 2. The van der Waals surface area contributed by atoms with Crippen molar-refractivity contribution in [3.05, 3.63) is 65.9 Å². The van der Waals surface area contributed by atoms with Crippen molar-refractivity contribution in [1.29, 1.82) is 0 Å². The first-order chi connectivity index (χ1) is 16.4. The minimum absolute atomic E-state index is 0.0815. The fourth-order valence-corrected chi connectivity index (χ4v) is 3.96. The first-order valence-corrected chi connectivity index (χ1v) is 11.7. The quantitative estimate of drug-likeness (QED) is 0.336. The first kappa shape index (κ1) is 23.9. The molecule has 1 aromatic heterocycles. The van der Waals surface area contributed by atoms with Gasteiger partial charge in [-0.2, -0.15) is 18.2 Å². The average Bonchev–Trinajstić information content (AvgIpc) is 3.32. The summed E-state index contributed by atoms with van der Waals surface area (Å²) in [5, 5.41) is 5.78. The lowest BCUT2D eigenvalue weighted by Gasteiger charge is -2.16. The number of aromatic nitrogens is 2. The molecular weight excluding hydrogens is 441 g/mol. The third-order valence-electron chi connectivity index (χ3n) is 5.85. The highest BCUT2D eigenvalue weighted by Gasteiger charge is 2.35. The Morgan fingerprint density at radius 2 is 1.59 bits per heavy atom. The summed E-state index contributed by atoms with van der Waals surface area (Å²) in [4.78, 5) is 8.01. The summed E-state index contributed by atoms with van der Waals surface area (Å²) in [7, 11) is 0. The van der Waals surface area contributed by atoms with Gasteiger partial charge in [-0.3, -0.25) is 0 Å². The van der Waals surface area contributed by atoms with Crippen LogP contribution < -0.4 is 15.4 Å². The van der Waals surface area contributed by atoms with Crippen molar-refractivity contribution >= 4 is 23.1 Å². The molecule has 0 radical (unpaired) electrons. The van der Waals surface area contributed by atoms with Crippen LogP contribution >= 0.6 is 0 Å². The zero-order valence-corrected chi connectivity index (χ0v) is 19.2. The van der Waals surface area contributed by atoms with Gasteiger partial charge in [-0.1, -0.05) is 25.5 Å². The Balaban J connectivity index is 1.49. The number of anilines is 4. The Kier molecular flexibility index (Phi) is 7.55.